The lowest BCUT2D eigenvalue weighted by Crippen LogP contribution is -2.21. The summed E-state index contributed by atoms with van der Waals surface area (Å²) < 4.78 is 16.3. The van der Waals surface area contributed by atoms with Crippen LogP contribution in [0, 0.1) is 0 Å². The van der Waals surface area contributed by atoms with Crippen molar-refractivity contribution in [2.24, 2.45) is 0 Å². The van der Waals surface area contributed by atoms with Crippen molar-refractivity contribution < 1.29 is 14.2 Å². The third-order valence-electron chi connectivity index (χ3n) is 2.21. The molecule has 0 radical (unpaired) electrons. The molecule has 2 unspecified atom stereocenters. The summed E-state index contributed by atoms with van der Waals surface area (Å²) >= 11 is 0. The van der Waals surface area contributed by atoms with Gasteiger partial charge in [0.2, 0.25) is 0 Å². The molecule has 1 aliphatic rings. The number of hydrogen-bond acceptors (Lipinski definition) is 3. The van der Waals surface area contributed by atoms with Gasteiger partial charge in [-0.2, -0.15) is 0 Å². The molecule has 0 N–H and O–H groups in total. The third-order valence-corrected chi connectivity index (χ3v) is 2.21. The zero-order valence-corrected chi connectivity index (χ0v) is 8.89. The lowest BCUT2D eigenvalue weighted by atomic mass is 10.3. The molecule has 3 heteroatoms. The molecule has 2 rings (SSSR count). The van der Waals surface area contributed by atoms with Gasteiger partial charge >= 0.3 is 0 Å². The van der Waals surface area contributed by atoms with Gasteiger partial charge in [-0.15, -0.1) is 0 Å². The lowest BCUT2D eigenvalue weighted by molar-refractivity contribution is -0.0854. The first-order valence-corrected chi connectivity index (χ1v) is 5.33. The fraction of sp³-hybridized carbons (Fsp3) is 0.500. The second-order valence-corrected chi connectivity index (χ2v) is 3.56. The fourth-order valence-corrected chi connectivity index (χ4v) is 1.26. The van der Waals surface area contributed by atoms with E-state index in [0.717, 1.165) is 18.8 Å². The molecule has 1 heterocycles. The van der Waals surface area contributed by atoms with Crippen LogP contribution in [0.5, 0.6) is 5.75 Å². The first kappa shape index (κ1) is 10.5. The highest BCUT2D eigenvalue weighted by Gasteiger charge is 2.24. The number of epoxide rings is 1. The van der Waals surface area contributed by atoms with Gasteiger partial charge in [-0.05, 0) is 12.1 Å². The first-order chi connectivity index (χ1) is 7.38. The van der Waals surface area contributed by atoms with E-state index in [1.807, 2.05) is 37.3 Å². The molecule has 0 amide bonds. The second kappa shape index (κ2) is 5.14. The molecule has 1 aliphatic heterocycles. The minimum absolute atomic E-state index is 0.170. The van der Waals surface area contributed by atoms with Crippen molar-refractivity contribution >= 4 is 0 Å². The van der Waals surface area contributed by atoms with E-state index >= 15 is 0 Å². The van der Waals surface area contributed by atoms with Gasteiger partial charge in [0.25, 0.3) is 0 Å². The fourth-order valence-electron chi connectivity index (χ4n) is 1.26. The van der Waals surface area contributed by atoms with Crippen molar-refractivity contribution in [1.29, 1.82) is 0 Å². The van der Waals surface area contributed by atoms with Crippen LogP contribution in [-0.2, 0) is 9.47 Å². The van der Waals surface area contributed by atoms with Gasteiger partial charge in [0.1, 0.15) is 11.9 Å². The average molecular weight is 208 g/mol. The number of hydrogen-bond donors (Lipinski definition) is 0. The molecule has 0 aromatic heterocycles. The van der Waals surface area contributed by atoms with E-state index in [-0.39, 0.29) is 6.29 Å². The molecular formula is C12H16O3. The van der Waals surface area contributed by atoms with Crippen LogP contribution in [0.3, 0.4) is 0 Å². The Morgan fingerprint density at radius 3 is 2.73 bits per heavy atom. The molecule has 1 fully saturated rings. The molecular weight excluding hydrogens is 192 g/mol. The van der Waals surface area contributed by atoms with Crippen LogP contribution in [0.4, 0.5) is 0 Å². The highest BCUT2D eigenvalue weighted by Crippen LogP contribution is 2.15. The topological polar surface area (TPSA) is 31.0 Å². The summed E-state index contributed by atoms with van der Waals surface area (Å²) in [5.74, 6) is 0.848. The number of rotatable bonds is 6. The van der Waals surface area contributed by atoms with Crippen LogP contribution in [0.2, 0.25) is 0 Å². The molecule has 3 nitrogen and oxygen atoms in total. The summed E-state index contributed by atoms with van der Waals surface area (Å²) in [5.41, 5.74) is 0. The Balaban J connectivity index is 1.78. The van der Waals surface area contributed by atoms with E-state index in [1.165, 1.54) is 0 Å². The van der Waals surface area contributed by atoms with E-state index in [0.29, 0.717) is 12.7 Å². The summed E-state index contributed by atoms with van der Waals surface area (Å²) in [7, 11) is 0. The Labute approximate surface area is 90.0 Å². The van der Waals surface area contributed by atoms with Crippen molar-refractivity contribution in [2.45, 2.75) is 25.7 Å². The van der Waals surface area contributed by atoms with Crippen LogP contribution in [0.1, 0.15) is 13.3 Å². The molecule has 0 bridgehead atoms. The van der Waals surface area contributed by atoms with Crippen LogP contribution in [-0.4, -0.2) is 25.6 Å². The number of ether oxygens (including phenoxy) is 3. The van der Waals surface area contributed by atoms with E-state index < -0.39 is 0 Å². The largest absolute Gasteiger partial charge is 0.465 e. The smallest absolute Gasteiger partial charge is 0.199 e. The Hall–Kier alpha value is -1.06. The maximum absolute atomic E-state index is 5.66. The Morgan fingerprint density at radius 2 is 2.13 bits per heavy atom. The summed E-state index contributed by atoms with van der Waals surface area (Å²) in [6, 6.07) is 9.73. The molecule has 2 atom stereocenters. The van der Waals surface area contributed by atoms with Crippen molar-refractivity contribution in [2.75, 3.05) is 13.2 Å². The molecule has 1 saturated heterocycles. The van der Waals surface area contributed by atoms with Gasteiger partial charge in [0.15, 0.2) is 6.29 Å². The van der Waals surface area contributed by atoms with Crippen molar-refractivity contribution in [3.8, 4) is 5.75 Å². The third kappa shape index (κ3) is 3.53. The van der Waals surface area contributed by atoms with E-state index in [2.05, 4.69) is 0 Å². The van der Waals surface area contributed by atoms with Crippen molar-refractivity contribution in [3.63, 3.8) is 0 Å². The summed E-state index contributed by atoms with van der Waals surface area (Å²) in [6.07, 6.45) is 0.955. The Morgan fingerprint density at radius 1 is 1.40 bits per heavy atom. The summed E-state index contributed by atoms with van der Waals surface area (Å²) in [5, 5.41) is 0. The molecule has 0 saturated carbocycles. The Kier molecular flexibility index (Phi) is 3.59. The van der Waals surface area contributed by atoms with Crippen molar-refractivity contribution in [1.82, 2.24) is 0 Å². The maximum atomic E-state index is 5.66. The normalized spacial score (nSPS) is 21.0. The monoisotopic (exact) mass is 208 g/mol. The van der Waals surface area contributed by atoms with Crippen molar-refractivity contribution in [3.05, 3.63) is 30.3 Å². The maximum Gasteiger partial charge on any atom is 0.199 e. The van der Waals surface area contributed by atoms with Gasteiger partial charge in [-0.3, -0.25) is 0 Å². The van der Waals surface area contributed by atoms with E-state index in [9.17, 15) is 0 Å². The zero-order valence-electron chi connectivity index (χ0n) is 8.89. The molecule has 0 aliphatic carbocycles. The number of benzene rings is 1. The van der Waals surface area contributed by atoms with Gasteiger partial charge in [0.05, 0.1) is 13.2 Å². The van der Waals surface area contributed by atoms with Gasteiger partial charge in [-0.25, -0.2) is 0 Å². The van der Waals surface area contributed by atoms with Gasteiger partial charge < -0.3 is 14.2 Å². The predicted octanol–water partition coefficient (Wildman–Crippen LogP) is 2.22. The van der Waals surface area contributed by atoms with Crippen LogP contribution < -0.4 is 4.74 Å². The average Bonchev–Trinajstić information content (AvgIpc) is 3.09. The summed E-state index contributed by atoms with van der Waals surface area (Å²) in [6.45, 7) is 3.49. The molecule has 1 aromatic carbocycles. The standard InChI is InChI=1S/C12H16O3/c1-2-12(14-9-11-8-13-11)15-10-6-4-3-5-7-10/h3-7,11-12H,2,8-9H2,1H3. The predicted molar refractivity (Wildman–Crippen MR) is 56.8 cm³/mol. The van der Waals surface area contributed by atoms with Gasteiger partial charge in [-0.1, -0.05) is 25.1 Å². The lowest BCUT2D eigenvalue weighted by Gasteiger charge is -2.17. The Bertz CT molecular complexity index is 282. The molecule has 1 aromatic rings. The molecule has 15 heavy (non-hydrogen) atoms. The highest BCUT2D eigenvalue weighted by atomic mass is 16.7. The second-order valence-electron chi connectivity index (χ2n) is 3.56. The SMILES string of the molecule is CCC(OCC1CO1)Oc1ccccc1. The molecule has 82 valence electrons. The molecule has 0 spiro atoms. The van der Waals surface area contributed by atoms with Crippen LogP contribution in [0.15, 0.2) is 30.3 Å². The minimum atomic E-state index is -0.170. The zero-order chi connectivity index (χ0) is 10.5. The van der Waals surface area contributed by atoms with Gasteiger partial charge in [0, 0.05) is 6.42 Å². The minimum Gasteiger partial charge on any atom is -0.465 e. The summed E-state index contributed by atoms with van der Waals surface area (Å²) in [4.78, 5) is 0. The quantitative estimate of drug-likeness (QED) is 0.530. The highest BCUT2D eigenvalue weighted by molar-refractivity contribution is 5.20. The van der Waals surface area contributed by atoms with Crippen LogP contribution in [0.25, 0.3) is 0 Å². The van der Waals surface area contributed by atoms with Crippen LogP contribution >= 0.6 is 0 Å². The van der Waals surface area contributed by atoms with E-state index in [1.54, 1.807) is 0 Å². The number of para-hydroxylation sites is 1. The first-order valence-electron chi connectivity index (χ1n) is 5.33. The van der Waals surface area contributed by atoms with E-state index in [4.69, 9.17) is 14.2 Å².